The molecule has 3 amide bonds. The molecule has 2 aliphatic rings. The molecule has 2 N–H and O–H groups in total. The van der Waals surface area contributed by atoms with Crippen LogP contribution in [0.4, 0.5) is 4.79 Å². The Balaban J connectivity index is 1.78. The molecule has 0 aromatic heterocycles. The third-order valence-corrected chi connectivity index (χ3v) is 8.26. The molecule has 3 rings (SSSR count). The first-order chi connectivity index (χ1) is 17.4. The third kappa shape index (κ3) is 6.58. The highest BCUT2D eigenvalue weighted by molar-refractivity contribution is 7.99. The van der Waals surface area contributed by atoms with E-state index >= 15 is 0 Å². The lowest BCUT2D eigenvalue weighted by molar-refractivity contribution is -0.145. The zero-order valence-electron chi connectivity index (χ0n) is 22.4. The Kier molecular flexibility index (Phi) is 9.15. The van der Waals surface area contributed by atoms with Gasteiger partial charge in [-0.2, -0.15) is 0 Å². The first-order valence-electron chi connectivity index (χ1n) is 12.8. The lowest BCUT2D eigenvalue weighted by atomic mass is 9.71. The lowest BCUT2D eigenvalue weighted by Crippen LogP contribution is -2.58. The molecule has 0 spiro atoms. The second kappa shape index (κ2) is 11.8. The maximum absolute atomic E-state index is 13.7. The molecule has 204 valence electrons. The van der Waals surface area contributed by atoms with Gasteiger partial charge in [-0.15, -0.1) is 11.8 Å². The number of rotatable bonds is 7. The highest BCUT2D eigenvalue weighted by atomic mass is 32.2. The van der Waals surface area contributed by atoms with Gasteiger partial charge in [0.05, 0.1) is 11.3 Å². The van der Waals surface area contributed by atoms with E-state index in [2.05, 4.69) is 5.32 Å². The van der Waals surface area contributed by atoms with Gasteiger partial charge in [-0.25, -0.2) is 9.59 Å². The molecule has 0 saturated carbocycles. The van der Waals surface area contributed by atoms with Gasteiger partial charge in [0.1, 0.15) is 17.7 Å². The fraction of sp³-hybridized carbons (Fsp3) is 0.630. The van der Waals surface area contributed by atoms with E-state index in [0.29, 0.717) is 44.0 Å². The number of benzene rings is 1. The summed E-state index contributed by atoms with van der Waals surface area (Å²) in [5.41, 5.74) is -0.803. The van der Waals surface area contributed by atoms with Crippen molar-refractivity contribution in [1.29, 1.82) is 0 Å². The average Bonchev–Trinajstić information content (AvgIpc) is 3.36. The summed E-state index contributed by atoms with van der Waals surface area (Å²) in [5, 5.41) is 12.5. The summed E-state index contributed by atoms with van der Waals surface area (Å²) in [6.45, 7) is 9.73. The van der Waals surface area contributed by atoms with Crippen molar-refractivity contribution in [3.05, 3.63) is 35.9 Å². The van der Waals surface area contributed by atoms with Crippen LogP contribution in [0, 0.1) is 5.92 Å². The fourth-order valence-electron chi connectivity index (χ4n) is 4.83. The number of ether oxygens (including phenoxy) is 1. The van der Waals surface area contributed by atoms with E-state index in [1.165, 1.54) is 16.7 Å². The van der Waals surface area contributed by atoms with E-state index in [4.69, 9.17) is 4.74 Å². The van der Waals surface area contributed by atoms with Gasteiger partial charge in [0.2, 0.25) is 11.8 Å². The molecule has 10 heteroatoms. The Morgan fingerprint density at radius 2 is 1.78 bits per heavy atom. The molecule has 1 aromatic rings. The van der Waals surface area contributed by atoms with Gasteiger partial charge < -0.3 is 20.1 Å². The van der Waals surface area contributed by atoms with Crippen LogP contribution in [0.15, 0.2) is 30.3 Å². The van der Waals surface area contributed by atoms with Crippen molar-refractivity contribution < 1.29 is 29.0 Å². The number of amides is 3. The van der Waals surface area contributed by atoms with E-state index in [-0.39, 0.29) is 17.7 Å². The van der Waals surface area contributed by atoms with Crippen LogP contribution in [-0.4, -0.2) is 81.2 Å². The standard InChI is InChI=1S/C27H39N3O6S/c1-6-18(2)21(23(32)33)28-24(34)27(19-10-8-7-9-11-19)12-14-29(15-13-27)22(31)20-16-37-17-30(20)25(35)36-26(3,4)5/h7-11,18,20-21H,6,12-17H2,1-5H3,(H,28,34)(H,32,33)/t18-,20+,21-/m0/s1. The predicted molar refractivity (Wildman–Crippen MR) is 142 cm³/mol. The van der Waals surface area contributed by atoms with Crippen molar-refractivity contribution >= 4 is 35.6 Å². The van der Waals surface area contributed by atoms with Crippen molar-refractivity contribution in [3.63, 3.8) is 0 Å². The monoisotopic (exact) mass is 533 g/mol. The summed E-state index contributed by atoms with van der Waals surface area (Å²) in [4.78, 5) is 55.0. The lowest BCUT2D eigenvalue weighted by Gasteiger charge is -2.42. The van der Waals surface area contributed by atoms with Gasteiger partial charge >= 0.3 is 12.1 Å². The molecule has 9 nitrogen and oxygen atoms in total. The van der Waals surface area contributed by atoms with Crippen molar-refractivity contribution in [2.24, 2.45) is 5.92 Å². The highest BCUT2D eigenvalue weighted by Gasteiger charge is 2.47. The van der Waals surface area contributed by atoms with Crippen molar-refractivity contribution in [3.8, 4) is 0 Å². The normalized spacial score (nSPS) is 21.2. The molecule has 0 bridgehead atoms. The van der Waals surface area contributed by atoms with E-state index in [9.17, 15) is 24.3 Å². The fourth-order valence-corrected chi connectivity index (χ4v) is 5.97. The third-order valence-electron chi connectivity index (χ3n) is 7.25. The molecular formula is C27H39N3O6S. The van der Waals surface area contributed by atoms with Crippen LogP contribution in [0.2, 0.25) is 0 Å². The van der Waals surface area contributed by atoms with Crippen LogP contribution in [0.5, 0.6) is 0 Å². The smallest absolute Gasteiger partial charge is 0.411 e. The number of carboxylic acid groups (broad SMARTS) is 1. The SMILES string of the molecule is CC[C@H](C)[C@H](NC(=O)C1(c2ccccc2)CCN(C(=O)[C@H]2CSCN2C(=O)OC(C)(C)C)CC1)C(=O)O. The summed E-state index contributed by atoms with van der Waals surface area (Å²) < 4.78 is 5.50. The van der Waals surface area contributed by atoms with Crippen LogP contribution in [0.3, 0.4) is 0 Å². The van der Waals surface area contributed by atoms with Crippen molar-refractivity contribution in [2.75, 3.05) is 24.7 Å². The molecule has 3 atom stereocenters. The number of thioether (sulfide) groups is 1. The van der Waals surface area contributed by atoms with Gasteiger partial charge in [-0.1, -0.05) is 50.6 Å². The Hall–Kier alpha value is -2.75. The first kappa shape index (κ1) is 28.8. The van der Waals surface area contributed by atoms with Crippen LogP contribution in [0.25, 0.3) is 0 Å². The number of carbonyl (C=O) groups excluding carboxylic acids is 3. The zero-order chi connectivity index (χ0) is 27.4. The number of nitrogens with zero attached hydrogens (tertiary/aromatic N) is 2. The highest BCUT2D eigenvalue weighted by Crippen LogP contribution is 2.37. The van der Waals surface area contributed by atoms with Crippen LogP contribution < -0.4 is 5.32 Å². The molecule has 2 aliphatic heterocycles. The van der Waals surface area contributed by atoms with Crippen LogP contribution >= 0.6 is 11.8 Å². The van der Waals surface area contributed by atoms with Gasteiger partial charge in [0, 0.05) is 18.8 Å². The molecule has 0 unspecified atom stereocenters. The average molecular weight is 534 g/mol. The summed E-state index contributed by atoms with van der Waals surface area (Å²) in [5.74, 6) is -0.879. The number of carboxylic acids is 1. The second-order valence-electron chi connectivity index (χ2n) is 10.9. The number of piperidine rings is 1. The number of hydrogen-bond acceptors (Lipinski definition) is 6. The van der Waals surface area contributed by atoms with E-state index < -0.39 is 35.2 Å². The van der Waals surface area contributed by atoms with E-state index in [1.807, 2.05) is 44.2 Å². The summed E-state index contributed by atoms with van der Waals surface area (Å²) in [6.07, 6.45) is 0.822. The largest absolute Gasteiger partial charge is 0.480 e. The Bertz CT molecular complexity index is 988. The molecule has 2 fully saturated rings. The molecular weight excluding hydrogens is 494 g/mol. The van der Waals surface area contributed by atoms with Gasteiger partial charge in [-0.05, 0) is 45.1 Å². The number of hydrogen-bond donors (Lipinski definition) is 2. The topological polar surface area (TPSA) is 116 Å². The molecule has 2 saturated heterocycles. The van der Waals surface area contributed by atoms with Crippen molar-refractivity contribution in [2.45, 2.75) is 77.0 Å². The minimum Gasteiger partial charge on any atom is -0.480 e. The maximum atomic E-state index is 13.7. The Morgan fingerprint density at radius 3 is 2.32 bits per heavy atom. The minimum absolute atomic E-state index is 0.152. The van der Waals surface area contributed by atoms with Crippen LogP contribution in [0.1, 0.15) is 59.4 Å². The molecule has 2 heterocycles. The van der Waals surface area contributed by atoms with Gasteiger partial charge in [0.25, 0.3) is 0 Å². The summed E-state index contributed by atoms with van der Waals surface area (Å²) in [7, 11) is 0. The summed E-state index contributed by atoms with van der Waals surface area (Å²) >= 11 is 1.51. The molecule has 0 aliphatic carbocycles. The number of aliphatic carboxylic acids is 1. The molecule has 37 heavy (non-hydrogen) atoms. The molecule has 0 radical (unpaired) electrons. The van der Waals surface area contributed by atoms with Crippen molar-refractivity contribution in [1.82, 2.24) is 15.1 Å². The Morgan fingerprint density at radius 1 is 1.16 bits per heavy atom. The van der Waals surface area contributed by atoms with Gasteiger partial charge in [0.15, 0.2) is 0 Å². The summed E-state index contributed by atoms with van der Waals surface area (Å²) in [6, 6.07) is 7.76. The number of nitrogens with one attached hydrogen (secondary N) is 1. The second-order valence-corrected chi connectivity index (χ2v) is 11.9. The zero-order valence-corrected chi connectivity index (χ0v) is 23.2. The maximum Gasteiger partial charge on any atom is 0.411 e. The Labute approximate surface area is 223 Å². The quantitative estimate of drug-likeness (QED) is 0.551. The molecule has 1 aromatic carbocycles. The number of carbonyl (C=O) groups is 4. The first-order valence-corrected chi connectivity index (χ1v) is 14.0. The van der Waals surface area contributed by atoms with E-state index in [1.54, 1.807) is 25.7 Å². The predicted octanol–water partition coefficient (Wildman–Crippen LogP) is 3.47. The number of likely N-dealkylation sites (tertiary alicyclic amines) is 1. The minimum atomic E-state index is -1.06. The van der Waals surface area contributed by atoms with Crippen LogP contribution in [-0.2, 0) is 24.5 Å². The van der Waals surface area contributed by atoms with Gasteiger partial charge in [-0.3, -0.25) is 14.5 Å². The van der Waals surface area contributed by atoms with E-state index in [0.717, 1.165) is 5.56 Å².